The Morgan fingerprint density at radius 2 is 2.50 bits per heavy atom. The number of urea groups is 1. The average Bonchev–Trinajstić information content (AvgIpc) is 3.14. The summed E-state index contributed by atoms with van der Waals surface area (Å²) in [6, 6.07) is 1.10. The van der Waals surface area contributed by atoms with Gasteiger partial charge in [-0.2, -0.15) is 5.10 Å². The first kappa shape index (κ1) is 16.3. The van der Waals surface area contributed by atoms with Crippen LogP contribution in [0.2, 0.25) is 0 Å². The summed E-state index contributed by atoms with van der Waals surface area (Å²) in [6.45, 7) is 2.94. The highest BCUT2D eigenvalue weighted by Gasteiger charge is 2.25. The number of hydrogen-bond donors (Lipinski definition) is 2. The monoisotopic (exact) mass is 305 g/mol. The maximum absolute atomic E-state index is 12.0. The third-order valence-corrected chi connectivity index (χ3v) is 3.56. The van der Waals surface area contributed by atoms with E-state index in [0.29, 0.717) is 19.0 Å². The fourth-order valence-corrected chi connectivity index (χ4v) is 2.26. The molecule has 2 N–H and O–H groups in total. The molecule has 1 aromatic heterocycles. The van der Waals surface area contributed by atoms with E-state index in [1.165, 1.54) is 0 Å². The number of nitrogens with zero attached hydrogens (tertiary/aromatic N) is 3. The Balaban J connectivity index is 1.82. The van der Waals surface area contributed by atoms with Gasteiger partial charge in [0.25, 0.3) is 0 Å². The van der Waals surface area contributed by atoms with Crippen molar-refractivity contribution in [3.8, 4) is 12.3 Å². The molecule has 120 valence electrons. The van der Waals surface area contributed by atoms with Crippen LogP contribution in [0.5, 0.6) is 0 Å². The van der Waals surface area contributed by atoms with E-state index in [4.69, 9.17) is 11.2 Å². The Bertz CT molecular complexity index is 528. The number of rotatable bonds is 6. The van der Waals surface area contributed by atoms with Gasteiger partial charge in [-0.15, -0.1) is 6.42 Å². The van der Waals surface area contributed by atoms with Crippen molar-refractivity contribution < 1.29 is 9.53 Å². The van der Waals surface area contributed by atoms with Crippen LogP contribution in [0.1, 0.15) is 6.42 Å². The van der Waals surface area contributed by atoms with Gasteiger partial charge in [0.15, 0.2) is 5.82 Å². The molecule has 1 aliphatic rings. The molecule has 0 bridgehead atoms. The van der Waals surface area contributed by atoms with Crippen molar-refractivity contribution >= 4 is 11.8 Å². The first-order valence-corrected chi connectivity index (χ1v) is 7.38. The van der Waals surface area contributed by atoms with Gasteiger partial charge in [-0.1, -0.05) is 5.92 Å². The summed E-state index contributed by atoms with van der Waals surface area (Å²) < 4.78 is 7.09. The summed E-state index contributed by atoms with van der Waals surface area (Å²) in [4.78, 5) is 14.1. The third kappa shape index (κ3) is 4.76. The van der Waals surface area contributed by atoms with E-state index in [1.807, 2.05) is 20.3 Å². The van der Waals surface area contributed by atoms with Gasteiger partial charge in [0.05, 0.1) is 19.2 Å². The highest BCUT2D eigenvalue weighted by atomic mass is 16.5. The highest BCUT2D eigenvalue weighted by Crippen LogP contribution is 2.16. The van der Waals surface area contributed by atoms with Crippen molar-refractivity contribution in [2.24, 2.45) is 5.92 Å². The molecule has 0 aromatic carbocycles. The summed E-state index contributed by atoms with van der Waals surface area (Å²) in [6.07, 6.45) is 8.20. The van der Waals surface area contributed by atoms with E-state index < -0.39 is 0 Å². The number of carbonyl (C=O) groups is 1. The molecule has 1 aliphatic heterocycles. The average molecular weight is 305 g/mol. The summed E-state index contributed by atoms with van der Waals surface area (Å²) >= 11 is 0. The summed E-state index contributed by atoms with van der Waals surface area (Å²) in [5, 5.41) is 9.79. The van der Waals surface area contributed by atoms with Gasteiger partial charge in [0.1, 0.15) is 0 Å². The van der Waals surface area contributed by atoms with Crippen LogP contribution in [0.15, 0.2) is 12.3 Å². The molecular formula is C15H23N5O2. The number of aromatic nitrogens is 2. The predicted molar refractivity (Wildman–Crippen MR) is 84.5 cm³/mol. The van der Waals surface area contributed by atoms with Crippen LogP contribution in [0, 0.1) is 18.3 Å². The largest absolute Gasteiger partial charge is 0.381 e. The van der Waals surface area contributed by atoms with Crippen LogP contribution < -0.4 is 10.6 Å². The molecule has 1 fully saturated rings. The van der Waals surface area contributed by atoms with Crippen LogP contribution in [-0.2, 0) is 11.3 Å². The number of terminal acetylenes is 1. The number of carbonyl (C=O) groups excluding carboxylic acids is 1. The van der Waals surface area contributed by atoms with Crippen molar-refractivity contribution in [3.63, 3.8) is 0 Å². The van der Waals surface area contributed by atoms with Gasteiger partial charge >= 0.3 is 6.03 Å². The quantitative estimate of drug-likeness (QED) is 0.755. The predicted octanol–water partition coefficient (Wildman–Crippen LogP) is 0.605. The molecular weight excluding hydrogens is 282 g/mol. The fourth-order valence-electron chi connectivity index (χ4n) is 2.26. The molecule has 2 amide bonds. The van der Waals surface area contributed by atoms with E-state index in [-0.39, 0.29) is 18.0 Å². The molecule has 0 spiro atoms. The third-order valence-electron chi connectivity index (χ3n) is 3.56. The summed E-state index contributed by atoms with van der Waals surface area (Å²) in [5.74, 6) is 3.30. The lowest BCUT2D eigenvalue weighted by Gasteiger charge is -2.18. The van der Waals surface area contributed by atoms with Gasteiger partial charge in [-0.05, 0) is 20.5 Å². The Morgan fingerprint density at radius 1 is 1.68 bits per heavy atom. The van der Waals surface area contributed by atoms with E-state index in [1.54, 1.807) is 10.7 Å². The lowest BCUT2D eigenvalue weighted by molar-refractivity contribution is 0.181. The Hall–Kier alpha value is -2.04. The topological polar surface area (TPSA) is 71.4 Å². The van der Waals surface area contributed by atoms with E-state index >= 15 is 0 Å². The number of likely N-dealkylation sites (N-methyl/N-ethyl adjacent to an activating group) is 1. The van der Waals surface area contributed by atoms with Crippen molar-refractivity contribution in [1.82, 2.24) is 20.0 Å². The molecule has 7 nitrogen and oxygen atoms in total. The minimum atomic E-state index is -0.340. The number of nitrogens with one attached hydrogen (secondary N) is 2. The van der Waals surface area contributed by atoms with Crippen molar-refractivity contribution in [1.29, 1.82) is 0 Å². The fraction of sp³-hybridized carbons (Fsp3) is 0.600. The number of amides is 2. The molecule has 1 saturated heterocycles. The smallest absolute Gasteiger partial charge is 0.321 e. The standard InChI is InChI=1S/C15H23N5O2/c1-4-13(12-6-10-22-11-12)16-15(21)17-14-5-7-20(18-14)9-8-19(2)3/h1,5,7,12-13H,6,8-11H2,2-3H3,(H2,16,17,18,21). The van der Waals surface area contributed by atoms with Gasteiger partial charge < -0.3 is 15.0 Å². The van der Waals surface area contributed by atoms with E-state index in [9.17, 15) is 4.79 Å². The second-order valence-electron chi connectivity index (χ2n) is 5.63. The molecule has 2 heterocycles. The molecule has 0 aliphatic carbocycles. The minimum absolute atomic E-state index is 0.174. The maximum atomic E-state index is 12.0. The van der Waals surface area contributed by atoms with E-state index in [0.717, 1.165) is 19.5 Å². The van der Waals surface area contributed by atoms with Crippen molar-refractivity contribution in [2.45, 2.75) is 19.0 Å². The minimum Gasteiger partial charge on any atom is -0.381 e. The Morgan fingerprint density at radius 3 is 3.14 bits per heavy atom. The second kappa shape index (κ2) is 7.82. The zero-order valence-electron chi connectivity index (χ0n) is 13.1. The van der Waals surface area contributed by atoms with Crippen LogP contribution in [0.4, 0.5) is 10.6 Å². The number of ether oxygens (including phenoxy) is 1. The first-order valence-electron chi connectivity index (χ1n) is 7.38. The highest BCUT2D eigenvalue weighted by molar-refractivity contribution is 5.88. The molecule has 1 aromatic rings. The summed E-state index contributed by atoms with van der Waals surface area (Å²) in [7, 11) is 4.01. The van der Waals surface area contributed by atoms with Crippen molar-refractivity contribution in [3.05, 3.63) is 12.3 Å². The normalized spacial score (nSPS) is 18.9. The van der Waals surface area contributed by atoms with Gasteiger partial charge in [-0.3, -0.25) is 10.00 Å². The molecule has 2 unspecified atom stereocenters. The van der Waals surface area contributed by atoms with E-state index in [2.05, 4.69) is 26.6 Å². The number of anilines is 1. The van der Waals surface area contributed by atoms with Gasteiger partial charge in [-0.25, -0.2) is 4.79 Å². The first-order chi connectivity index (χ1) is 10.6. The van der Waals surface area contributed by atoms with Gasteiger partial charge in [0.2, 0.25) is 0 Å². The second-order valence-corrected chi connectivity index (χ2v) is 5.63. The molecule has 0 radical (unpaired) electrons. The Kier molecular flexibility index (Phi) is 5.81. The zero-order valence-corrected chi connectivity index (χ0v) is 13.1. The van der Waals surface area contributed by atoms with Crippen LogP contribution in [-0.4, -0.2) is 60.6 Å². The Labute approximate surface area is 131 Å². The van der Waals surface area contributed by atoms with Crippen molar-refractivity contribution in [2.75, 3.05) is 39.2 Å². The molecule has 7 heteroatoms. The molecule has 22 heavy (non-hydrogen) atoms. The van der Waals surface area contributed by atoms with Crippen LogP contribution in [0.25, 0.3) is 0 Å². The van der Waals surface area contributed by atoms with Gasteiger partial charge in [0, 0.05) is 31.3 Å². The van der Waals surface area contributed by atoms with Crippen LogP contribution >= 0.6 is 0 Å². The number of hydrogen-bond acceptors (Lipinski definition) is 4. The zero-order chi connectivity index (χ0) is 15.9. The molecule has 2 atom stereocenters. The molecule has 0 saturated carbocycles. The lowest BCUT2D eigenvalue weighted by Crippen LogP contribution is -2.42. The summed E-state index contributed by atoms with van der Waals surface area (Å²) in [5.41, 5.74) is 0. The molecule has 2 rings (SSSR count). The maximum Gasteiger partial charge on any atom is 0.321 e. The SMILES string of the molecule is C#CC(NC(=O)Nc1ccn(CCN(C)C)n1)C1CCOC1. The van der Waals surface area contributed by atoms with Crippen LogP contribution in [0.3, 0.4) is 0 Å². The lowest BCUT2D eigenvalue weighted by atomic mass is 10.00.